The molecule has 0 N–H and O–H groups in total. The summed E-state index contributed by atoms with van der Waals surface area (Å²) in [6.45, 7) is 5.34. The SMILES string of the molecule is CC(C)=O.CCCCCCCCCCCCCCCCCl. The normalized spacial score (nSPS) is 10.1. The quantitative estimate of drug-likeness (QED) is 0.242. The highest BCUT2D eigenvalue weighted by Gasteiger charge is 1.93. The van der Waals surface area contributed by atoms with Gasteiger partial charge in [0, 0.05) is 5.88 Å². The summed E-state index contributed by atoms with van der Waals surface area (Å²) in [4.78, 5) is 9.44. The van der Waals surface area contributed by atoms with Crippen LogP contribution in [0.1, 0.15) is 111 Å². The van der Waals surface area contributed by atoms with Crippen LogP contribution >= 0.6 is 11.6 Å². The van der Waals surface area contributed by atoms with E-state index >= 15 is 0 Å². The minimum atomic E-state index is 0.167. The van der Waals surface area contributed by atoms with Gasteiger partial charge in [-0.25, -0.2) is 0 Å². The molecule has 0 aliphatic heterocycles. The summed E-state index contributed by atoms with van der Waals surface area (Å²) in [5.41, 5.74) is 0. The Hall–Kier alpha value is -0.0400. The molecule has 0 radical (unpaired) electrons. The molecule has 21 heavy (non-hydrogen) atoms. The van der Waals surface area contributed by atoms with Gasteiger partial charge >= 0.3 is 0 Å². The van der Waals surface area contributed by atoms with Gasteiger partial charge in [0.15, 0.2) is 0 Å². The fraction of sp³-hybridized carbons (Fsp3) is 0.947. The Labute approximate surface area is 139 Å². The number of hydrogen-bond acceptors (Lipinski definition) is 1. The molecule has 0 fully saturated rings. The van der Waals surface area contributed by atoms with E-state index in [2.05, 4.69) is 6.92 Å². The number of carbonyl (C=O) groups is 1. The van der Waals surface area contributed by atoms with Crippen molar-refractivity contribution in [2.24, 2.45) is 0 Å². The van der Waals surface area contributed by atoms with Gasteiger partial charge in [-0.15, -0.1) is 11.6 Å². The Morgan fingerprint density at radius 2 is 0.857 bits per heavy atom. The number of alkyl halides is 1. The van der Waals surface area contributed by atoms with Crippen LogP contribution in [0.3, 0.4) is 0 Å². The van der Waals surface area contributed by atoms with Gasteiger partial charge in [0.1, 0.15) is 5.78 Å². The lowest BCUT2D eigenvalue weighted by Gasteiger charge is -2.02. The Balaban J connectivity index is 0. The third kappa shape index (κ3) is 33.0. The maximum Gasteiger partial charge on any atom is 0.126 e. The second-order valence-electron chi connectivity index (χ2n) is 6.19. The van der Waals surface area contributed by atoms with E-state index < -0.39 is 0 Å². The van der Waals surface area contributed by atoms with E-state index in [1.54, 1.807) is 0 Å². The fourth-order valence-electron chi connectivity index (χ4n) is 2.29. The molecule has 0 atom stereocenters. The van der Waals surface area contributed by atoms with Crippen LogP contribution in [0, 0.1) is 0 Å². The zero-order valence-corrected chi connectivity index (χ0v) is 15.6. The molecule has 0 bridgehead atoms. The monoisotopic (exact) mass is 318 g/mol. The molecule has 0 aliphatic rings. The van der Waals surface area contributed by atoms with E-state index in [0.29, 0.717) is 0 Å². The average Bonchev–Trinajstić information content (AvgIpc) is 2.43. The predicted octanol–water partition coefficient (Wildman–Crippen LogP) is 7.30. The third-order valence-electron chi connectivity index (χ3n) is 3.49. The summed E-state index contributed by atoms with van der Waals surface area (Å²) in [6, 6.07) is 0. The van der Waals surface area contributed by atoms with Gasteiger partial charge in [-0.05, 0) is 20.3 Å². The molecule has 1 nitrogen and oxygen atoms in total. The molecule has 0 aromatic carbocycles. The largest absolute Gasteiger partial charge is 0.300 e. The van der Waals surface area contributed by atoms with E-state index in [1.807, 2.05) is 0 Å². The number of carbonyl (C=O) groups excluding carboxylic acids is 1. The second-order valence-corrected chi connectivity index (χ2v) is 6.57. The first kappa shape index (κ1) is 23.2. The smallest absolute Gasteiger partial charge is 0.126 e. The summed E-state index contributed by atoms with van der Waals surface area (Å²) < 4.78 is 0. The van der Waals surface area contributed by atoms with E-state index in [1.165, 1.54) is 104 Å². The van der Waals surface area contributed by atoms with Gasteiger partial charge in [0.25, 0.3) is 0 Å². The van der Waals surface area contributed by atoms with Gasteiger partial charge < -0.3 is 4.79 Å². The zero-order valence-electron chi connectivity index (χ0n) is 14.9. The van der Waals surface area contributed by atoms with Crippen LogP contribution in [0.5, 0.6) is 0 Å². The molecule has 0 heterocycles. The van der Waals surface area contributed by atoms with Gasteiger partial charge in [-0.3, -0.25) is 0 Å². The van der Waals surface area contributed by atoms with Crippen LogP contribution in [0.2, 0.25) is 0 Å². The highest BCUT2D eigenvalue weighted by atomic mass is 35.5. The molecule has 0 amide bonds. The lowest BCUT2D eigenvalue weighted by Crippen LogP contribution is -1.83. The maximum atomic E-state index is 9.44. The maximum absolute atomic E-state index is 9.44. The van der Waals surface area contributed by atoms with E-state index in [4.69, 9.17) is 11.6 Å². The summed E-state index contributed by atoms with van der Waals surface area (Å²) in [7, 11) is 0. The first-order valence-electron chi connectivity index (χ1n) is 9.18. The Kier molecular flexibility index (Phi) is 24.6. The van der Waals surface area contributed by atoms with Gasteiger partial charge in [0.2, 0.25) is 0 Å². The molecule has 0 aromatic heterocycles. The van der Waals surface area contributed by atoms with Crippen LogP contribution in [0.4, 0.5) is 0 Å². The number of unbranched alkanes of at least 4 members (excludes halogenated alkanes) is 13. The number of hydrogen-bond donors (Lipinski definition) is 0. The summed E-state index contributed by atoms with van der Waals surface area (Å²) in [5, 5.41) is 0. The van der Waals surface area contributed by atoms with Crippen molar-refractivity contribution in [1.29, 1.82) is 0 Å². The minimum absolute atomic E-state index is 0.167. The summed E-state index contributed by atoms with van der Waals surface area (Å²) >= 11 is 5.64. The molecular formula is C19H39ClO. The van der Waals surface area contributed by atoms with Gasteiger partial charge in [-0.2, -0.15) is 0 Å². The molecule has 128 valence electrons. The van der Waals surface area contributed by atoms with Crippen molar-refractivity contribution in [3.8, 4) is 0 Å². The third-order valence-corrected chi connectivity index (χ3v) is 3.75. The minimum Gasteiger partial charge on any atom is -0.300 e. The molecular weight excluding hydrogens is 280 g/mol. The second kappa shape index (κ2) is 22.2. The van der Waals surface area contributed by atoms with Crippen molar-refractivity contribution >= 4 is 17.4 Å². The Bertz CT molecular complexity index is 174. The number of halogens is 1. The fourth-order valence-corrected chi connectivity index (χ4v) is 2.48. The van der Waals surface area contributed by atoms with Crippen molar-refractivity contribution in [2.45, 2.75) is 111 Å². The Morgan fingerprint density at radius 3 is 1.10 bits per heavy atom. The first-order chi connectivity index (χ1) is 10.1. The van der Waals surface area contributed by atoms with Crippen molar-refractivity contribution < 1.29 is 4.79 Å². The average molecular weight is 319 g/mol. The molecule has 2 heteroatoms. The van der Waals surface area contributed by atoms with Crippen LogP contribution < -0.4 is 0 Å². The van der Waals surface area contributed by atoms with Gasteiger partial charge in [0.05, 0.1) is 0 Å². The van der Waals surface area contributed by atoms with Crippen molar-refractivity contribution in [2.75, 3.05) is 5.88 Å². The molecule has 0 rings (SSSR count). The van der Waals surface area contributed by atoms with Crippen LogP contribution in [0.25, 0.3) is 0 Å². The van der Waals surface area contributed by atoms with Gasteiger partial charge in [-0.1, -0.05) is 90.4 Å². The highest BCUT2D eigenvalue weighted by Crippen LogP contribution is 2.12. The predicted molar refractivity (Wildman–Crippen MR) is 97.4 cm³/mol. The topological polar surface area (TPSA) is 17.1 Å². The highest BCUT2D eigenvalue weighted by molar-refractivity contribution is 6.17. The number of Topliss-reactive ketones (excluding diaryl/α,β-unsaturated/α-hetero) is 1. The molecule has 0 saturated carbocycles. The van der Waals surface area contributed by atoms with Crippen molar-refractivity contribution in [1.82, 2.24) is 0 Å². The number of ketones is 1. The van der Waals surface area contributed by atoms with Crippen molar-refractivity contribution in [3.63, 3.8) is 0 Å². The molecule has 0 aromatic rings. The van der Waals surface area contributed by atoms with Crippen LogP contribution in [-0.2, 0) is 4.79 Å². The van der Waals surface area contributed by atoms with E-state index in [-0.39, 0.29) is 5.78 Å². The molecule has 0 saturated heterocycles. The lowest BCUT2D eigenvalue weighted by atomic mass is 10.0. The molecule has 0 unspecified atom stereocenters. The molecule has 0 aliphatic carbocycles. The zero-order chi connectivity index (χ0) is 16.2. The van der Waals surface area contributed by atoms with Crippen LogP contribution in [0.15, 0.2) is 0 Å². The molecule has 0 spiro atoms. The summed E-state index contributed by atoms with van der Waals surface area (Å²) in [5.74, 6) is 1.01. The summed E-state index contributed by atoms with van der Waals surface area (Å²) in [6.07, 6.45) is 19.8. The van der Waals surface area contributed by atoms with Crippen molar-refractivity contribution in [3.05, 3.63) is 0 Å². The van der Waals surface area contributed by atoms with E-state index in [9.17, 15) is 4.79 Å². The standard InChI is InChI=1S/C16H33Cl.C3H6O/c1-2-3-4-5-6-7-8-9-10-11-12-13-14-15-16-17;1-3(2)4/h2-16H2,1H3;1-2H3. The van der Waals surface area contributed by atoms with E-state index in [0.717, 1.165) is 5.88 Å². The Morgan fingerprint density at radius 1 is 0.619 bits per heavy atom. The lowest BCUT2D eigenvalue weighted by molar-refractivity contribution is -0.114. The first-order valence-corrected chi connectivity index (χ1v) is 9.71. The number of rotatable bonds is 14. The van der Waals surface area contributed by atoms with Crippen LogP contribution in [-0.4, -0.2) is 11.7 Å².